The summed E-state index contributed by atoms with van der Waals surface area (Å²) in [6, 6.07) is 3.62. The van der Waals surface area contributed by atoms with Gasteiger partial charge >= 0.3 is 0 Å². The van der Waals surface area contributed by atoms with Crippen LogP contribution in [0.25, 0.3) is 0 Å². The number of hydrogen-bond acceptors (Lipinski definition) is 4. The van der Waals surface area contributed by atoms with Gasteiger partial charge in [0.2, 0.25) is 11.8 Å². The second-order valence-electron chi connectivity index (χ2n) is 3.85. The molecule has 2 rings (SSSR count). The Kier molecular flexibility index (Phi) is 3.59. The van der Waals surface area contributed by atoms with Gasteiger partial charge in [-0.2, -0.15) is 4.98 Å². The third kappa shape index (κ3) is 2.66. The van der Waals surface area contributed by atoms with Gasteiger partial charge in [-0.3, -0.25) is 0 Å². The molecule has 94 valence electrons. The lowest BCUT2D eigenvalue weighted by Crippen LogP contribution is -1.97. The molecular formula is C12H11Cl2N3O. The Morgan fingerprint density at radius 2 is 1.78 bits per heavy atom. The highest BCUT2D eigenvalue weighted by atomic mass is 35.5. The van der Waals surface area contributed by atoms with Crippen molar-refractivity contribution in [3.8, 4) is 11.6 Å². The first-order valence-electron chi connectivity index (χ1n) is 5.20. The monoisotopic (exact) mass is 283 g/mol. The van der Waals surface area contributed by atoms with E-state index in [0.717, 1.165) is 16.1 Å². The normalized spacial score (nSPS) is 10.4. The van der Waals surface area contributed by atoms with Crippen molar-refractivity contribution in [2.45, 2.75) is 13.8 Å². The molecule has 0 unspecified atom stereocenters. The van der Waals surface area contributed by atoms with Gasteiger partial charge in [-0.25, -0.2) is 4.98 Å². The summed E-state index contributed by atoms with van der Waals surface area (Å²) in [5.41, 5.74) is 7.33. The van der Waals surface area contributed by atoms with Crippen LogP contribution in [0.4, 0.5) is 5.95 Å². The topological polar surface area (TPSA) is 61.0 Å². The van der Waals surface area contributed by atoms with Crippen molar-refractivity contribution in [2.75, 3.05) is 5.73 Å². The molecule has 0 aliphatic heterocycles. The van der Waals surface area contributed by atoms with E-state index in [4.69, 9.17) is 33.7 Å². The molecule has 6 heteroatoms. The maximum absolute atomic E-state index is 6.08. The third-order valence-corrected chi connectivity index (χ3v) is 3.21. The summed E-state index contributed by atoms with van der Waals surface area (Å²) in [5, 5.41) is 1.02. The minimum absolute atomic E-state index is 0.108. The van der Waals surface area contributed by atoms with E-state index in [1.807, 2.05) is 26.0 Å². The molecule has 1 heterocycles. The minimum Gasteiger partial charge on any atom is -0.437 e. The Morgan fingerprint density at radius 1 is 1.17 bits per heavy atom. The zero-order chi connectivity index (χ0) is 13.3. The number of benzene rings is 1. The fourth-order valence-electron chi connectivity index (χ4n) is 1.51. The van der Waals surface area contributed by atoms with Crippen LogP contribution in [-0.4, -0.2) is 9.97 Å². The molecule has 0 radical (unpaired) electrons. The number of rotatable bonds is 2. The highest BCUT2D eigenvalue weighted by molar-refractivity contribution is 6.32. The number of nitrogens with two attached hydrogens (primary N) is 1. The third-order valence-electron chi connectivity index (χ3n) is 2.36. The Balaban J connectivity index is 2.37. The molecule has 0 aliphatic carbocycles. The molecule has 0 bridgehead atoms. The number of anilines is 1. The van der Waals surface area contributed by atoms with Gasteiger partial charge < -0.3 is 10.5 Å². The van der Waals surface area contributed by atoms with Gasteiger partial charge in [0.25, 0.3) is 0 Å². The smallest absolute Gasteiger partial charge is 0.243 e. The number of ether oxygens (including phenoxy) is 1. The van der Waals surface area contributed by atoms with Crippen LogP contribution in [0.15, 0.2) is 18.3 Å². The van der Waals surface area contributed by atoms with Crippen LogP contribution in [0.1, 0.15) is 11.1 Å². The summed E-state index contributed by atoms with van der Waals surface area (Å²) in [7, 11) is 0. The van der Waals surface area contributed by atoms with Gasteiger partial charge in [-0.1, -0.05) is 23.2 Å². The molecule has 4 nitrogen and oxygen atoms in total. The number of nitrogen functional groups attached to an aromatic ring is 1. The molecule has 0 amide bonds. The van der Waals surface area contributed by atoms with Gasteiger partial charge in [0.15, 0.2) is 0 Å². The maximum atomic E-state index is 6.08. The van der Waals surface area contributed by atoms with Crippen molar-refractivity contribution < 1.29 is 4.74 Å². The summed E-state index contributed by atoms with van der Waals surface area (Å²) in [6.45, 7) is 3.80. The van der Waals surface area contributed by atoms with Crippen molar-refractivity contribution in [2.24, 2.45) is 0 Å². The predicted molar refractivity (Wildman–Crippen MR) is 72.5 cm³/mol. The number of hydrogen-bond donors (Lipinski definition) is 1. The lowest BCUT2D eigenvalue weighted by atomic mass is 10.1. The van der Waals surface area contributed by atoms with Gasteiger partial charge in [0, 0.05) is 5.02 Å². The average Bonchev–Trinajstić information content (AvgIpc) is 2.31. The lowest BCUT2D eigenvalue weighted by Gasteiger charge is -2.09. The van der Waals surface area contributed by atoms with Crippen LogP contribution < -0.4 is 10.5 Å². The Labute approximate surface area is 115 Å². The van der Waals surface area contributed by atoms with E-state index in [0.29, 0.717) is 10.8 Å². The van der Waals surface area contributed by atoms with Crippen molar-refractivity contribution in [3.63, 3.8) is 0 Å². The highest BCUT2D eigenvalue weighted by Crippen LogP contribution is 2.31. The fraction of sp³-hybridized carbons (Fsp3) is 0.167. The first-order chi connectivity index (χ1) is 8.47. The number of nitrogens with zero attached hydrogens (tertiary/aromatic N) is 2. The van der Waals surface area contributed by atoms with Crippen LogP contribution >= 0.6 is 23.2 Å². The summed E-state index contributed by atoms with van der Waals surface area (Å²) in [5.74, 6) is 0.941. The van der Waals surface area contributed by atoms with Crippen LogP contribution in [0, 0.1) is 13.8 Å². The molecule has 1 aromatic heterocycles. The Bertz CT molecular complexity index is 579. The van der Waals surface area contributed by atoms with Gasteiger partial charge in [0.05, 0.1) is 6.20 Å². The number of aryl methyl sites for hydroxylation is 2. The molecule has 0 spiro atoms. The number of halogens is 2. The molecule has 0 saturated heterocycles. The molecule has 1 aromatic carbocycles. The first kappa shape index (κ1) is 12.9. The van der Waals surface area contributed by atoms with E-state index in [2.05, 4.69) is 9.97 Å². The van der Waals surface area contributed by atoms with Crippen molar-refractivity contribution >= 4 is 29.2 Å². The molecule has 0 saturated carbocycles. The summed E-state index contributed by atoms with van der Waals surface area (Å²) in [4.78, 5) is 7.69. The van der Waals surface area contributed by atoms with Gasteiger partial charge in [-0.15, -0.1) is 0 Å². The van der Waals surface area contributed by atoms with Crippen molar-refractivity contribution in [3.05, 3.63) is 39.5 Å². The molecular weight excluding hydrogens is 273 g/mol. The maximum Gasteiger partial charge on any atom is 0.243 e. The quantitative estimate of drug-likeness (QED) is 0.911. The average molecular weight is 284 g/mol. The first-order valence-corrected chi connectivity index (χ1v) is 5.95. The molecule has 0 atom stereocenters. The van der Waals surface area contributed by atoms with E-state index in [1.54, 1.807) is 0 Å². The predicted octanol–water partition coefficient (Wildman–Crippen LogP) is 3.77. The van der Waals surface area contributed by atoms with Crippen LogP contribution in [0.5, 0.6) is 11.6 Å². The zero-order valence-electron chi connectivity index (χ0n) is 9.87. The molecule has 0 aliphatic rings. The summed E-state index contributed by atoms with van der Waals surface area (Å²) in [6.07, 6.45) is 1.40. The molecule has 0 fully saturated rings. The molecule has 2 aromatic rings. The minimum atomic E-state index is 0.108. The Morgan fingerprint density at radius 3 is 2.39 bits per heavy atom. The van der Waals surface area contributed by atoms with Gasteiger partial charge in [-0.05, 0) is 37.1 Å². The van der Waals surface area contributed by atoms with Crippen LogP contribution in [-0.2, 0) is 0 Å². The standard InChI is InChI=1S/C12H11Cl2N3O/c1-6-3-8(4-7(2)10(6)14)18-11-9(13)5-16-12(15)17-11/h3-5H,1-2H3,(H2,15,16,17). The van der Waals surface area contributed by atoms with Crippen molar-refractivity contribution in [1.82, 2.24) is 9.97 Å². The van der Waals surface area contributed by atoms with E-state index in [-0.39, 0.29) is 11.8 Å². The largest absolute Gasteiger partial charge is 0.437 e. The summed E-state index contributed by atoms with van der Waals surface area (Å²) >= 11 is 12.0. The number of aromatic nitrogens is 2. The molecule has 18 heavy (non-hydrogen) atoms. The second-order valence-corrected chi connectivity index (χ2v) is 4.64. The van der Waals surface area contributed by atoms with E-state index >= 15 is 0 Å². The zero-order valence-corrected chi connectivity index (χ0v) is 11.4. The van der Waals surface area contributed by atoms with Gasteiger partial charge in [0.1, 0.15) is 10.8 Å². The summed E-state index contributed by atoms with van der Waals surface area (Å²) < 4.78 is 5.58. The van der Waals surface area contributed by atoms with Crippen molar-refractivity contribution in [1.29, 1.82) is 0 Å². The van der Waals surface area contributed by atoms with E-state index < -0.39 is 0 Å². The van der Waals surface area contributed by atoms with Crippen LogP contribution in [0.2, 0.25) is 10.0 Å². The van der Waals surface area contributed by atoms with E-state index in [9.17, 15) is 0 Å². The molecule has 2 N–H and O–H groups in total. The highest BCUT2D eigenvalue weighted by Gasteiger charge is 2.09. The van der Waals surface area contributed by atoms with E-state index in [1.165, 1.54) is 6.20 Å². The van der Waals surface area contributed by atoms with Crippen LogP contribution in [0.3, 0.4) is 0 Å². The lowest BCUT2D eigenvalue weighted by molar-refractivity contribution is 0.462. The second kappa shape index (κ2) is 5.00. The Hall–Kier alpha value is -1.52. The fourth-order valence-corrected chi connectivity index (χ4v) is 1.75. The SMILES string of the molecule is Cc1cc(Oc2nc(N)ncc2Cl)cc(C)c1Cl.